The van der Waals surface area contributed by atoms with Crippen LogP contribution >= 0.6 is 7.60 Å². The van der Waals surface area contributed by atoms with Crippen molar-refractivity contribution in [1.29, 1.82) is 0 Å². The Morgan fingerprint density at radius 3 is 2.00 bits per heavy atom. The second-order valence-corrected chi connectivity index (χ2v) is 3.05. The van der Waals surface area contributed by atoms with Gasteiger partial charge in [-0.2, -0.15) is 0 Å². The van der Waals surface area contributed by atoms with Crippen LogP contribution in [0.2, 0.25) is 0 Å². The van der Waals surface area contributed by atoms with E-state index in [1.807, 2.05) is 0 Å². The van der Waals surface area contributed by atoms with Crippen LogP contribution in [0.4, 0.5) is 0 Å². The number of aliphatic imine (C=N–C) groups is 1. The average molecular weight is 137 g/mol. The zero-order valence-electron chi connectivity index (χ0n) is 4.70. The van der Waals surface area contributed by atoms with Crippen LogP contribution in [0.25, 0.3) is 0 Å². The van der Waals surface area contributed by atoms with Gasteiger partial charge in [-0.05, 0) is 6.92 Å². The van der Waals surface area contributed by atoms with Gasteiger partial charge in [0.25, 0.3) is 0 Å². The first-order valence-electron chi connectivity index (χ1n) is 1.98. The standard InChI is InChI=1S/C3H8NO3P/c1-3(4-2)8(5,6)7/h1-2H3,(H2,5,6,7). The largest absolute Gasteiger partial charge is 0.369 e. The summed E-state index contributed by atoms with van der Waals surface area (Å²) < 4.78 is 10.1. The fourth-order valence-corrected chi connectivity index (χ4v) is 0.391. The van der Waals surface area contributed by atoms with Gasteiger partial charge in [-0.25, -0.2) is 0 Å². The van der Waals surface area contributed by atoms with Gasteiger partial charge in [0.15, 0.2) is 0 Å². The Labute approximate surface area is 47.4 Å². The Kier molecular flexibility index (Phi) is 2.34. The summed E-state index contributed by atoms with van der Waals surface area (Å²) >= 11 is 0. The predicted octanol–water partition coefficient (Wildman–Crippen LogP) is 0.212. The third kappa shape index (κ3) is 2.21. The van der Waals surface area contributed by atoms with Crippen LogP contribution in [-0.4, -0.2) is 22.3 Å². The topological polar surface area (TPSA) is 69.9 Å². The maximum Gasteiger partial charge on any atom is 0.369 e. The van der Waals surface area contributed by atoms with E-state index in [1.54, 1.807) is 0 Å². The minimum Gasteiger partial charge on any atom is -0.320 e. The Bertz CT molecular complexity index is 147. The molecule has 0 spiro atoms. The summed E-state index contributed by atoms with van der Waals surface area (Å²) in [5.74, 6) is 0. The Hall–Kier alpha value is -0.180. The van der Waals surface area contributed by atoms with Crippen LogP contribution in [0.1, 0.15) is 6.92 Å². The van der Waals surface area contributed by atoms with E-state index in [1.165, 1.54) is 14.0 Å². The van der Waals surface area contributed by atoms with Crippen molar-refractivity contribution in [3.63, 3.8) is 0 Å². The lowest BCUT2D eigenvalue weighted by atomic mass is 10.9. The van der Waals surface area contributed by atoms with Crippen molar-refractivity contribution in [2.45, 2.75) is 6.92 Å². The van der Waals surface area contributed by atoms with Gasteiger partial charge in [0, 0.05) is 7.05 Å². The van der Waals surface area contributed by atoms with Crippen molar-refractivity contribution >= 4 is 13.0 Å². The predicted molar refractivity (Wildman–Crippen MR) is 31.1 cm³/mol. The molecule has 0 atom stereocenters. The van der Waals surface area contributed by atoms with Gasteiger partial charge in [0.1, 0.15) is 5.45 Å². The maximum absolute atomic E-state index is 10.1. The molecule has 0 saturated carbocycles. The number of hydrogen-bond donors (Lipinski definition) is 2. The summed E-state index contributed by atoms with van der Waals surface area (Å²) in [6.07, 6.45) is 0. The van der Waals surface area contributed by atoms with Crippen LogP contribution in [0.15, 0.2) is 4.99 Å². The molecule has 2 N–H and O–H groups in total. The van der Waals surface area contributed by atoms with Crippen molar-refractivity contribution in [2.75, 3.05) is 7.05 Å². The molecule has 0 heterocycles. The zero-order chi connectivity index (χ0) is 6.78. The highest BCUT2D eigenvalue weighted by Gasteiger charge is 2.15. The normalized spacial score (nSPS) is 14.2. The molecule has 0 aromatic rings. The molecule has 0 radical (unpaired) electrons. The fraction of sp³-hybridized carbons (Fsp3) is 0.667. The molecule has 4 nitrogen and oxygen atoms in total. The summed E-state index contributed by atoms with van der Waals surface area (Å²) in [6, 6.07) is 0. The van der Waals surface area contributed by atoms with Crippen molar-refractivity contribution in [3.05, 3.63) is 0 Å². The first kappa shape index (κ1) is 7.82. The van der Waals surface area contributed by atoms with E-state index in [4.69, 9.17) is 9.79 Å². The number of rotatable bonds is 1. The summed E-state index contributed by atoms with van der Waals surface area (Å²) in [7, 11) is -2.67. The number of hydrogen-bond acceptors (Lipinski definition) is 2. The molecule has 48 valence electrons. The lowest BCUT2D eigenvalue weighted by Crippen LogP contribution is -1.90. The fourth-order valence-electron chi connectivity index (χ4n) is 0.130. The molecule has 0 fully saturated rings. The molecule has 0 aliphatic carbocycles. The van der Waals surface area contributed by atoms with Gasteiger partial charge in [-0.3, -0.25) is 9.56 Å². The van der Waals surface area contributed by atoms with Crippen molar-refractivity contribution in [1.82, 2.24) is 0 Å². The van der Waals surface area contributed by atoms with Crippen molar-refractivity contribution in [3.8, 4) is 0 Å². The Morgan fingerprint density at radius 1 is 1.62 bits per heavy atom. The highest BCUT2D eigenvalue weighted by atomic mass is 31.2. The van der Waals surface area contributed by atoms with Crippen LogP contribution in [0.3, 0.4) is 0 Å². The van der Waals surface area contributed by atoms with Crippen LogP contribution < -0.4 is 0 Å². The average Bonchev–Trinajstić information content (AvgIpc) is 1.62. The molecule has 0 aromatic heterocycles. The Morgan fingerprint density at radius 2 is 2.00 bits per heavy atom. The molecule has 8 heavy (non-hydrogen) atoms. The summed E-state index contributed by atoms with van der Waals surface area (Å²) in [4.78, 5) is 19.8. The monoisotopic (exact) mass is 137 g/mol. The second kappa shape index (κ2) is 2.40. The molecule has 0 rings (SSSR count). The zero-order valence-corrected chi connectivity index (χ0v) is 5.59. The van der Waals surface area contributed by atoms with Crippen LogP contribution in [0, 0.1) is 0 Å². The third-order valence-corrected chi connectivity index (χ3v) is 1.79. The quantitative estimate of drug-likeness (QED) is 0.401. The molecule has 5 heteroatoms. The van der Waals surface area contributed by atoms with E-state index in [2.05, 4.69) is 4.99 Å². The molecule has 0 bridgehead atoms. The highest BCUT2D eigenvalue weighted by molar-refractivity contribution is 7.70. The van der Waals surface area contributed by atoms with E-state index in [0.717, 1.165) is 0 Å². The van der Waals surface area contributed by atoms with E-state index < -0.39 is 7.60 Å². The van der Waals surface area contributed by atoms with E-state index >= 15 is 0 Å². The molecule has 0 aromatic carbocycles. The molecule has 0 aliphatic heterocycles. The van der Waals surface area contributed by atoms with E-state index in [-0.39, 0.29) is 5.45 Å². The lowest BCUT2D eigenvalue weighted by Gasteiger charge is -1.98. The SMILES string of the molecule is CN=C(C)P(=O)(O)O. The molecule has 0 aliphatic rings. The van der Waals surface area contributed by atoms with Crippen molar-refractivity contribution in [2.24, 2.45) is 4.99 Å². The van der Waals surface area contributed by atoms with Gasteiger partial charge in [0.2, 0.25) is 0 Å². The molecular formula is C3H8NO3P. The van der Waals surface area contributed by atoms with E-state index in [9.17, 15) is 4.57 Å². The highest BCUT2D eigenvalue weighted by Crippen LogP contribution is 2.35. The third-order valence-electron chi connectivity index (χ3n) is 0.745. The summed E-state index contributed by atoms with van der Waals surface area (Å²) in [6.45, 7) is 1.29. The van der Waals surface area contributed by atoms with Gasteiger partial charge in [-0.1, -0.05) is 0 Å². The minimum absolute atomic E-state index is 0.127. The van der Waals surface area contributed by atoms with Gasteiger partial charge in [0.05, 0.1) is 0 Å². The molecule has 0 unspecified atom stereocenters. The molecule has 0 saturated heterocycles. The molecule has 0 amide bonds. The number of nitrogens with zero attached hydrogens (tertiary/aromatic N) is 1. The maximum atomic E-state index is 10.1. The summed E-state index contributed by atoms with van der Waals surface area (Å²) in [5.41, 5.74) is -0.127. The smallest absolute Gasteiger partial charge is 0.320 e. The summed E-state index contributed by atoms with van der Waals surface area (Å²) in [5, 5.41) is 0. The second-order valence-electron chi connectivity index (χ2n) is 1.31. The van der Waals surface area contributed by atoms with Crippen molar-refractivity contribution < 1.29 is 14.4 Å². The Balaban J connectivity index is 4.27. The first-order valence-corrected chi connectivity index (χ1v) is 3.59. The minimum atomic E-state index is -4.01. The van der Waals surface area contributed by atoms with Crippen LogP contribution in [-0.2, 0) is 4.57 Å². The van der Waals surface area contributed by atoms with Crippen LogP contribution in [0.5, 0.6) is 0 Å². The van der Waals surface area contributed by atoms with Gasteiger partial charge >= 0.3 is 7.60 Å². The first-order chi connectivity index (χ1) is 3.48. The van der Waals surface area contributed by atoms with Gasteiger partial charge < -0.3 is 9.79 Å². The molecular weight excluding hydrogens is 129 g/mol. The lowest BCUT2D eigenvalue weighted by molar-refractivity contribution is 0.390. The van der Waals surface area contributed by atoms with Gasteiger partial charge in [-0.15, -0.1) is 0 Å². The van der Waals surface area contributed by atoms with E-state index in [0.29, 0.717) is 0 Å².